The summed E-state index contributed by atoms with van der Waals surface area (Å²) >= 11 is 1.33. The molecule has 0 unspecified atom stereocenters. The maximum atomic E-state index is 10.3. The third kappa shape index (κ3) is 30.7. The molecule has 0 aliphatic rings. The van der Waals surface area contributed by atoms with Crippen LogP contribution >= 0.6 is 36.4 Å². The number of hydrogen-bond donors (Lipinski definition) is 8. The highest BCUT2D eigenvalue weighted by molar-refractivity contribution is 8.54. The Labute approximate surface area is 151 Å². The van der Waals surface area contributed by atoms with Crippen LogP contribution in [-0.4, -0.2) is 70.3 Å². The topological polar surface area (TPSA) is 191 Å². The Morgan fingerprint density at radius 1 is 0.708 bits per heavy atom. The monoisotopic (exact) mass is 428 g/mol. The zero-order valence-corrected chi connectivity index (χ0v) is 17.0. The van der Waals surface area contributed by atoms with Gasteiger partial charge in [0, 0.05) is 24.6 Å². The number of rotatable bonds is 14. The standard InChI is InChI=1S/2C5H15N2O3PS/c2*6-2-1-3-7-4-5-12-11(8,9)10/h2*7H,1-6H2,(H2,8,9,10). The molecule has 10 N–H and O–H groups in total. The van der Waals surface area contributed by atoms with Crippen molar-refractivity contribution in [2.75, 3.05) is 50.8 Å². The summed E-state index contributed by atoms with van der Waals surface area (Å²) in [5.74, 6) is 0.851. The highest BCUT2D eigenvalue weighted by atomic mass is 32.7. The molecule has 0 saturated carbocycles. The van der Waals surface area contributed by atoms with Crippen LogP contribution in [0.2, 0.25) is 0 Å². The molecule has 0 aromatic rings. The van der Waals surface area contributed by atoms with Crippen LogP contribution in [0.25, 0.3) is 0 Å². The first kappa shape index (κ1) is 27.1. The lowest BCUT2D eigenvalue weighted by molar-refractivity contribution is 0.394. The van der Waals surface area contributed by atoms with E-state index in [4.69, 9.17) is 31.0 Å². The van der Waals surface area contributed by atoms with Crippen molar-refractivity contribution in [3.8, 4) is 0 Å². The molecule has 0 aromatic heterocycles. The van der Waals surface area contributed by atoms with E-state index in [2.05, 4.69) is 10.6 Å². The van der Waals surface area contributed by atoms with E-state index in [9.17, 15) is 9.13 Å². The van der Waals surface area contributed by atoms with E-state index in [-0.39, 0.29) is 0 Å². The molecule has 0 heterocycles. The number of nitrogens with two attached hydrogens (primary N) is 2. The summed E-state index contributed by atoms with van der Waals surface area (Å²) in [6.07, 6.45) is 1.78. The molecule has 0 spiro atoms. The molecule has 0 radical (unpaired) electrons. The first-order chi connectivity index (χ1) is 11.1. The van der Waals surface area contributed by atoms with Gasteiger partial charge in [-0.1, -0.05) is 0 Å². The van der Waals surface area contributed by atoms with Gasteiger partial charge in [0.25, 0.3) is 0 Å². The van der Waals surface area contributed by atoms with Crippen molar-refractivity contribution in [3.05, 3.63) is 0 Å². The molecular formula is C10H30N4O6P2S2. The van der Waals surface area contributed by atoms with Crippen LogP contribution in [0.5, 0.6) is 0 Å². The summed E-state index contributed by atoms with van der Waals surface area (Å²) in [5.41, 5.74) is 10.5. The maximum absolute atomic E-state index is 10.3. The largest absolute Gasteiger partial charge is 0.384 e. The molecule has 24 heavy (non-hydrogen) atoms. The molecule has 148 valence electrons. The molecule has 0 aromatic carbocycles. The van der Waals surface area contributed by atoms with Gasteiger partial charge in [0.15, 0.2) is 0 Å². The minimum Gasteiger partial charge on any atom is -0.330 e. The van der Waals surface area contributed by atoms with Gasteiger partial charge in [-0.3, -0.25) is 0 Å². The van der Waals surface area contributed by atoms with Gasteiger partial charge in [0.2, 0.25) is 0 Å². The van der Waals surface area contributed by atoms with Crippen molar-refractivity contribution in [1.29, 1.82) is 0 Å². The number of nitrogens with one attached hydrogen (secondary N) is 2. The van der Waals surface area contributed by atoms with Crippen molar-refractivity contribution >= 4 is 36.4 Å². The third-order valence-electron chi connectivity index (χ3n) is 2.19. The molecule has 0 fully saturated rings. The van der Waals surface area contributed by atoms with Crippen LogP contribution in [0, 0.1) is 0 Å². The first-order valence-corrected chi connectivity index (χ1v) is 13.7. The minimum atomic E-state index is -3.87. The lowest BCUT2D eigenvalue weighted by Crippen LogP contribution is -2.20. The molecule has 0 atom stereocenters. The summed E-state index contributed by atoms with van der Waals surface area (Å²) in [7, 11) is 0. The van der Waals surface area contributed by atoms with Crippen molar-refractivity contribution in [2.24, 2.45) is 11.5 Å². The summed E-state index contributed by atoms with van der Waals surface area (Å²) in [4.78, 5) is 33.8. The van der Waals surface area contributed by atoms with Crippen molar-refractivity contribution in [1.82, 2.24) is 10.6 Å². The zero-order chi connectivity index (χ0) is 18.9. The van der Waals surface area contributed by atoms with E-state index in [0.29, 0.717) is 60.4 Å². The van der Waals surface area contributed by atoms with E-state index in [1.54, 1.807) is 0 Å². The summed E-state index contributed by atoms with van der Waals surface area (Å²) in [5, 5.41) is 6.03. The predicted octanol–water partition coefficient (Wildman–Crippen LogP) is -0.499. The van der Waals surface area contributed by atoms with Gasteiger partial charge in [-0.2, -0.15) is 0 Å². The van der Waals surface area contributed by atoms with E-state index < -0.39 is 13.6 Å². The lowest BCUT2D eigenvalue weighted by atomic mass is 10.4. The van der Waals surface area contributed by atoms with Gasteiger partial charge >= 0.3 is 13.6 Å². The summed E-state index contributed by atoms with van der Waals surface area (Å²) in [6, 6.07) is 0. The van der Waals surface area contributed by atoms with Crippen LogP contribution in [-0.2, 0) is 9.13 Å². The molecule has 0 aliphatic carbocycles. The van der Waals surface area contributed by atoms with Gasteiger partial charge in [0.05, 0.1) is 0 Å². The Balaban J connectivity index is 0. The summed E-state index contributed by atoms with van der Waals surface area (Å²) < 4.78 is 20.7. The highest BCUT2D eigenvalue weighted by Gasteiger charge is 2.12. The molecular weight excluding hydrogens is 398 g/mol. The Kier molecular flexibility index (Phi) is 19.5. The zero-order valence-electron chi connectivity index (χ0n) is 13.5. The smallest absolute Gasteiger partial charge is 0.330 e. The Morgan fingerprint density at radius 2 is 1.04 bits per heavy atom. The van der Waals surface area contributed by atoms with Crippen LogP contribution in [0.15, 0.2) is 0 Å². The minimum absolute atomic E-state index is 0.425. The van der Waals surface area contributed by atoms with Crippen LogP contribution in [0.1, 0.15) is 12.8 Å². The SMILES string of the molecule is NCCCNCCSP(=O)(O)O.NCCCNCCSP(=O)(O)O. The Bertz CT molecular complexity index is 337. The molecule has 10 nitrogen and oxygen atoms in total. The Morgan fingerprint density at radius 3 is 1.29 bits per heavy atom. The van der Waals surface area contributed by atoms with E-state index in [1.165, 1.54) is 0 Å². The predicted molar refractivity (Wildman–Crippen MR) is 102 cm³/mol. The van der Waals surface area contributed by atoms with E-state index in [1.807, 2.05) is 0 Å². The van der Waals surface area contributed by atoms with Gasteiger partial charge < -0.3 is 41.7 Å². The number of hydrogen-bond acceptors (Lipinski definition) is 8. The van der Waals surface area contributed by atoms with Crippen molar-refractivity contribution in [3.63, 3.8) is 0 Å². The quantitative estimate of drug-likeness (QED) is 0.131. The molecule has 0 rings (SSSR count). The highest BCUT2D eigenvalue weighted by Crippen LogP contribution is 2.50. The van der Waals surface area contributed by atoms with Gasteiger partial charge in [-0.25, -0.2) is 9.13 Å². The van der Waals surface area contributed by atoms with Crippen LogP contribution in [0.4, 0.5) is 0 Å². The molecule has 14 heteroatoms. The van der Waals surface area contributed by atoms with Gasteiger partial charge in [-0.05, 0) is 61.8 Å². The van der Waals surface area contributed by atoms with Crippen LogP contribution in [0.3, 0.4) is 0 Å². The second kappa shape index (κ2) is 17.3. The third-order valence-corrected chi connectivity index (χ3v) is 6.75. The molecule has 0 aliphatic heterocycles. The molecule has 0 amide bonds. The maximum Gasteiger partial charge on any atom is 0.384 e. The van der Waals surface area contributed by atoms with Gasteiger partial charge in [-0.15, -0.1) is 0 Å². The van der Waals surface area contributed by atoms with Crippen molar-refractivity contribution in [2.45, 2.75) is 12.8 Å². The molecule has 0 saturated heterocycles. The van der Waals surface area contributed by atoms with Crippen molar-refractivity contribution < 1.29 is 28.7 Å². The second-order valence-electron chi connectivity index (χ2n) is 4.43. The fourth-order valence-corrected chi connectivity index (χ4v) is 4.10. The van der Waals surface area contributed by atoms with E-state index in [0.717, 1.165) is 25.9 Å². The molecule has 0 bridgehead atoms. The second-order valence-corrected chi connectivity index (χ2v) is 12.1. The summed E-state index contributed by atoms with van der Waals surface area (Å²) in [6.45, 7) is -3.64. The first-order valence-electron chi connectivity index (χ1n) is 7.34. The average Bonchev–Trinajstić information content (AvgIpc) is 2.45. The lowest BCUT2D eigenvalue weighted by Gasteiger charge is -2.04. The normalized spacial score (nSPS) is 11.9. The average molecular weight is 428 g/mol. The fraction of sp³-hybridized carbons (Fsp3) is 1.00. The van der Waals surface area contributed by atoms with Gasteiger partial charge in [0.1, 0.15) is 0 Å². The Hall–Kier alpha value is 0.840. The van der Waals surface area contributed by atoms with Crippen LogP contribution < -0.4 is 22.1 Å². The fourth-order valence-electron chi connectivity index (χ4n) is 1.18. The van der Waals surface area contributed by atoms with E-state index >= 15 is 0 Å².